The molecule has 1 aliphatic heterocycles. The average molecular weight is 408 g/mol. The highest BCUT2D eigenvalue weighted by Gasteiger charge is 2.28. The largest absolute Gasteiger partial charge is 0.347 e. The minimum Gasteiger partial charge on any atom is -0.347 e. The number of carbonyl (C=O) groups excluding carboxylic acids is 2. The summed E-state index contributed by atoms with van der Waals surface area (Å²) >= 11 is 0. The zero-order chi connectivity index (χ0) is 21.3. The quantitative estimate of drug-likeness (QED) is 0.699. The summed E-state index contributed by atoms with van der Waals surface area (Å²) in [7, 11) is 0. The highest BCUT2D eigenvalue weighted by molar-refractivity contribution is 5.99. The van der Waals surface area contributed by atoms with Crippen molar-refractivity contribution in [3.05, 3.63) is 71.3 Å². The number of amides is 2. The molecule has 0 bridgehead atoms. The number of benzene rings is 2. The Labute approximate surface area is 179 Å². The summed E-state index contributed by atoms with van der Waals surface area (Å²) in [6.45, 7) is 7.29. The molecule has 1 saturated heterocycles. The maximum Gasteiger partial charge on any atom is 0.253 e. The molecule has 160 valence electrons. The van der Waals surface area contributed by atoms with E-state index in [-0.39, 0.29) is 23.8 Å². The first-order valence-electron chi connectivity index (χ1n) is 11.1. The van der Waals surface area contributed by atoms with Crippen molar-refractivity contribution in [3.63, 3.8) is 0 Å². The topological polar surface area (TPSA) is 61.4 Å². The van der Waals surface area contributed by atoms with Gasteiger partial charge >= 0.3 is 0 Å². The van der Waals surface area contributed by atoms with Crippen LogP contribution < -0.4 is 10.6 Å². The highest BCUT2D eigenvalue weighted by atomic mass is 16.2. The van der Waals surface area contributed by atoms with E-state index >= 15 is 0 Å². The second-order valence-corrected chi connectivity index (χ2v) is 7.96. The second-order valence-electron chi connectivity index (χ2n) is 7.96. The molecule has 2 aromatic rings. The monoisotopic (exact) mass is 407 g/mol. The van der Waals surface area contributed by atoms with Crippen molar-refractivity contribution in [3.8, 4) is 0 Å². The Kier molecular flexibility index (Phi) is 8.03. The summed E-state index contributed by atoms with van der Waals surface area (Å²) < 4.78 is 0. The molecule has 5 heteroatoms. The molecule has 0 saturated carbocycles. The van der Waals surface area contributed by atoms with Gasteiger partial charge in [-0.15, -0.1) is 0 Å². The fourth-order valence-electron chi connectivity index (χ4n) is 4.19. The van der Waals surface area contributed by atoms with Gasteiger partial charge in [-0.25, -0.2) is 0 Å². The maximum absolute atomic E-state index is 13.0. The van der Waals surface area contributed by atoms with Crippen molar-refractivity contribution < 1.29 is 9.59 Å². The Balaban J connectivity index is 1.73. The smallest absolute Gasteiger partial charge is 0.253 e. The Hall–Kier alpha value is -2.66. The molecule has 0 spiro atoms. The average Bonchev–Trinajstić information content (AvgIpc) is 2.79. The van der Waals surface area contributed by atoms with Gasteiger partial charge in [-0.2, -0.15) is 0 Å². The molecule has 30 heavy (non-hydrogen) atoms. The Morgan fingerprint density at radius 3 is 2.40 bits per heavy atom. The van der Waals surface area contributed by atoms with Crippen molar-refractivity contribution in [1.29, 1.82) is 0 Å². The van der Waals surface area contributed by atoms with Crippen LogP contribution in [0.2, 0.25) is 0 Å². The summed E-state index contributed by atoms with van der Waals surface area (Å²) in [6.07, 6.45) is 2.82. The molecule has 0 unspecified atom stereocenters. The molecule has 0 aliphatic carbocycles. The van der Waals surface area contributed by atoms with E-state index in [1.54, 1.807) is 24.3 Å². The van der Waals surface area contributed by atoms with Gasteiger partial charge in [0.05, 0.1) is 0 Å². The van der Waals surface area contributed by atoms with Crippen LogP contribution >= 0.6 is 0 Å². The first-order chi connectivity index (χ1) is 14.6. The molecule has 2 aromatic carbocycles. The van der Waals surface area contributed by atoms with Crippen molar-refractivity contribution in [1.82, 2.24) is 15.5 Å². The van der Waals surface area contributed by atoms with Gasteiger partial charge in [-0.3, -0.25) is 9.59 Å². The minimum absolute atomic E-state index is 0.00477. The lowest BCUT2D eigenvalue weighted by Gasteiger charge is -2.33. The molecule has 0 radical (unpaired) electrons. The van der Waals surface area contributed by atoms with Crippen LogP contribution in [0.1, 0.15) is 65.3 Å². The third-order valence-corrected chi connectivity index (χ3v) is 5.67. The van der Waals surface area contributed by atoms with Crippen LogP contribution in [-0.4, -0.2) is 48.9 Å². The summed E-state index contributed by atoms with van der Waals surface area (Å²) in [5.41, 5.74) is 2.36. The SMILES string of the molecule is CCCN(CCC)C(=O)c1cccc(C(=O)N[C@H]2CNCC[C@@H]2c2ccccc2)c1. The van der Waals surface area contributed by atoms with E-state index < -0.39 is 0 Å². The number of hydrogen-bond donors (Lipinski definition) is 2. The number of hydrogen-bond acceptors (Lipinski definition) is 3. The van der Waals surface area contributed by atoms with Crippen molar-refractivity contribution in [2.75, 3.05) is 26.2 Å². The number of carbonyl (C=O) groups is 2. The standard InChI is InChI=1S/C25H33N3O2/c1-3-15-28(16-4-2)25(30)21-12-8-11-20(17-21)24(29)27-23-18-26-14-13-22(23)19-9-6-5-7-10-19/h5-12,17,22-23,26H,3-4,13-16,18H2,1-2H3,(H,27,29)/t22-,23+/m1/s1. The van der Waals surface area contributed by atoms with Gasteiger partial charge in [-0.05, 0) is 49.6 Å². The van der Waals surface area contributed by atoms with Crippen molar-refractivity contribution in [2.24, 2.45) is 0 Å². The van der Waals surface area contributed by atoms with Crippen LogP contribution in [0.25, 0.3) is 0 Å². The Bertz CT molecular complexity index is 831. The van der Waals surface area contributed by atoms with Gasteiger partial charge < -0.3 is 15.5 Å². The first-order valence-corrected chi connectivity index (χ1v) is 11.1. The van der Waals surface area contributed by atoms with Gasteiger partial charge in [0.25, 0.3) is 11.8 Å². The third kappa shape index (κ3) is 5.48. The van der Waals surface area contributed by atoms with Crippen LogP contribution in [0.4, 0.5) is 0 Å². The minimum atomic E-state index is -0.128. The van der Waals surface area contributed by atoms with Crippen LogP contribution in [-0.2, 0) is 0 Å². The van der Waals surface area contributed by atoms with Crippen molar-refractivity contribution in [2.45, 2.75) is 45.1 Å². The molecule has 2 amide bonds. The van der Waals surface area contributed by atoms with Crippen LogP contribution in [0.3, 0.4) is 0 Å². The van der Waals surface area contributed by atoms with Gasteiger partial charge in [-0.1, -0.05) is 50.2 Å². The van der Waals surface area contributed by atoms with E-state index in [2.05, 4.69) is 36.6 Å². The molecule has 1 aliphatic rings. The van der Waals surface area contributed by atoms with E-state index in [0.717, 1.165) is 45.4 Å². The highest BCUT2D eigenvalue weighted by Crippen LogP contribution is 2.25. The first kappa shape index (κ1) is 22.0. The molecule has 2 N–H and O–H groups in total. The molecule has 5 nitrogen and oxygen atoms in total. The van der Waals surface area contributed by atoms with Gasteiger partial charge in [0, 0.05) is 42.7 Å². The lowest BCUT2D eigenvalue weighted by molar-refractivity contribution is 0.0755. The summed E-state index contributed by atoms with van der Waals surface area (Å²) in [5, 5.41) is 6.59. The number of piperidine rings is 1. The maximum atomic E-state index is 13.0. The number of nitrogens with zero attached hydrogens (tertiary/aromatic N) is 1. The third-order valence-electron chi connectivity index (χ3n) is 5.67. The van der Waals surface area contributed by atoms with E-state index in [1.807, 2.05) is 23.1 Å². The number of rotatable bonds is 8. The predicted molar refractivity (Wildman–Crippen MR) is 121 cm³/mol. The van der Waals surface area contributed by atoms with E-state index in [4.69, 9.17) is 0 Å². The van der Waals surface area contributed by atoms with Crippen molar-refractivity contribution >= 4 is 11.8 Å². The second kappa shape index (κ2) is 10.9. The molecule has 1 heterocycles. The van der Waals surface area contributed by atoms with E-state index in [0.29, 0.717) is 11.1 Å². The lowest BCUT2D eigenvalue weighted by Crippen LogP contribution is -2.50. The molecule has 0 aromatic heterocycles. The number of nitrogens with one attached hydrogen (secondary N) is 2. The fraction of sp³-hybridized carbons (Fsp3) is 0.440. The fourth-order valence-corrected chi connectivity index (χ4v) is 4.19. The van der Waals surface area contributed by atoms with Gasteiger partial charge in [0.15, 0.2) is 0 Å². The van der Waals surface area contributed by atoms with E-state index in [1.165, 1.54) is 5.56 Å². The molecular weight excluding hydrogens is 374 g/mol. The summed E-state index contributed by atoms with van der Waals surface area (Å²) in [5.74, 6) is 0.150. The van der Waals surface area contributed by atoms with Crippen LogP contribution in [0.5, 0.6) is 0 Å². The zero-order valence-electron chi connectivity index (χ0n) is 18.1. The van der Waals surface area contributed by atoms with Crippen LogP contribution in [0.15, 0.2) is 54.6 Å². The molecular formula is C25H33N3O2. The van der Waals surface area contributed by atoms with E-state index in [9.17, 15) is 9.59 Å². The molecule has 1 fully saturated rings. The summed E-state index contributed by atoms with van der Waals surface area (Å²) in [4.78, 5) is 27.8. The molecule has 3 rings (SSSR count). The van der Waals surface area contributed by atoms with Crippen LogP contribution in [0, 0.1) is 0 Å². The zero-order valence-corrected chi connectivity index (χ0v) is 18.1. The van der Waals surface area contributed by atoms with Gasteiger partial charge in [0.1, 0.15) is 0 Å². The predicted octanol–water partition coefficient (Wildman–Crippen LogP) is 3.82. The van der Waals surface area contributed by atoms with Gasteiger partial charge in [0.2, 0.25) is 0 Å². The Morgan fingerprint density at radius 1 is 1.00 bits per heavy atom. The lowest BCUT2D eigenvalue weighted by atomic mass is 9.86. The Morgan fingerprint density at radius 2 is 1.70 bits per heavy atom. The molecule has 2 atom stereocenters. The normalized spacial score (nSPS) is 18.6. The summed E-state index contributed by atoms with van der Waals surface area (Å²) in [6, 6.07) is 17.5.